The zero-order valence-electron chi connectivity index (χ0n) is 18.3. The largest absolute Gasteiger partial charge is 0.480 e. The molecule has 11 nitrogen and oxygen atoms in total. The number of para-hydroxylation sites is 1. The third-order valence-corrected chi connectivity index (χ3v) is 5.80. The Morgan fingerprint density at radius 2 is 2.00 bits per heavy atom. The number of aromatic nitrogens is 1. The van der Waals surface area contributed by atoms with Crippen LogP contribution in [-0.2, 0) is 25.6 Å². The first-order valence-electron chi connectivity index (χ1n) is 10.8. The summed E-state index contributed by atoms with van der Waals surface area (Å²) < 4.78 is 0. The highest BCUT2D eigenvalue weighted by Crippen LogP contribution is 2.22. The Labute approximate surface area is 190 Å². The number of carboxylic acids is 1. The number of amides is 3. The molecule has 1 aliphatic rings. The smallest absolute Gasteiger partial charge is 0.326 e. The molecule has 0 aliphatic carbocycles. The summed E-state index contributed by atoms with van der Waals surface area (Å²) in [4.78, 5) is 53.7. The first kappa shape index (κ1) is 24.2. The number of aliphatic carboxylic acids is 1. The lowest BCUT2D eigenvalue weighted by Gasteiger charge is -2.27. The molecule has 33 heavy (non-hydrogen) atoms. The lowest BCUT2D eigenvalue weighted by molar-refractivity contribution is -0.149. The fourth-order valence-corrected chi connectivity index (χ4v) is 3.96. The summed E-state index contributed by atoms with van der Waals surface area (Å²) in [5.41, 5.74) is 7.21. The number of hydrogen-bond acceptors (Lipinski definition) is 6. The van der Waals surface area contributed by atoms with Crippen molar-refractivity contribution < 1.29 is 29.4 Å². The van der Waals surface area contributed by atoms with Crippen molar-refractivity contribution in [2.45, 2.75) is 50.4 Å². The lowest BCUT2D eigenvalue weighted by atomic mass is 10.0. The maximum Gasteiger partial charge on any atom is 0.326 e. The summed E-state index contributed by atoms with van der Waals surface area (Å²) in [5.74, 6) is -2.92. The van der Waals surface area contributed by atoms with Gasteiger partial charge >= 0.3 is 5.97 Å². The number of rotatable bonds is 9. The molecule has 4 atom stereocenters. The van der Waals surface area contributed by atoms with Crippen molar-refractivity contribution in [2.75, 3.05) is 13.1 Å². The highest BCUT2D eigenvalue weighted by molar-refractivity contribution is 5.93. The Morgan fingerprint density at radius 1 is 1.27 bits per heavy atom. The summed E-state index contributed by atoms with van der Waals surface area (Å²) in [7, 11) is 0. The number of nitrogens with zero attached hydrogens (tertiary/aromatic N) is 1. The Balaban J connectivity index is 1.76. The van der Waals surface area contributed by atoms with Crippen molar-refractivity contribution in [3.63, 3.8) is 0 Å². The molecule has 4 unspecified atom stereocenters. The minimum atomic E-state index is -1.19. The van der Waals surface area contributed by atoms with E-state index in [0.29, 0.717) is 12.8 Å². The summed E-state index contributed by atoms with van der Waals surface area (Å²) in [6.07, 6.45) is 1.70. The molecule has 1 aromatic carbocycles. The van der Waals surface area contributed by atoms with Crippen LogP contribution in [0.15, 0.2) is 30.5 Å². The van der Waals surface area contributed by atoms with E-state index in [1.807, 2.05) is 24.3 Å². The fraction of sp³-hybridized carbons (Fsp3) is 0.455. The molecule has 1 aliphatic heterocycles. The van der Waals surface area contributed by atoms with Gasteiger partial charge in [0.25, 0.3) is 0 Å². The van der Waals surface area contributed by atoms with Crippen LogP contribution < -0.4 is 16.4 Å². The average Bonchev–Trinajstić information content (AvgIpc) is 3.43. The van der Waals surface area contributed by atoms with Crippen molar-refractivity contribution in [1.82, 2.24) is 20.5 Å². The van der Waals surface area contributed by atoms with Crippen LogP contribution >= 0.6 is 0 Å². The molecule has 2 aromatic rings. The van der Waals surface area contributed by atoms with Gasteiger partial charge in [-0.25, -0.2) is 4.79 Å². The predicted molar refractivity (Wildman–Crippen MR) is 119 cm³/mol. The topological polar surface area (TPSA) is 178 Å². The quantitative estimate of drug-likeness (QED) is 0.281. The maximum atomic E-state index is 13.3. The normalized spacial score (nSPS) is 18.5. The molecule has 0 spiro atoms. The Kier molecular flexibility index (Phi) is 7.67. The van der Waals surface area contributed by atoms with Gasteiger partial charge in [-0.1, -0.05) is 18.2 Å². The second-order valence-corrected chi connectivity index (χ2v) is 8.20. The molecular weight excluding hydrogens is 430 g/mol. The lowest BCUT2D eigenvalue weighted by Crippen LogP contribution is -2.55. The highest BCUT2D eigenvalue weighted by atomic mass is 16.4. The molecule has 0 bridgehead atoms. The fourth-order valence-electron chi connectivity index (χ4n) is 3.96. The Hall–Kier alpha value is -3.44. The first-order chi connectivity index (χ1) is 15.7. The number of nitrogens with one attached hydrogen (secondary N) is 3. The van der Waals surface area contributed by atoms with Gasteiger partial charge in [0.15, 0.2) is 0 Å². The number of H-pyrrole nitrogens is 1. The molecule has 7 N–H and O–H groups in total. The summed E-state index contributed by atoms with van der Waals surface area (Å²) in [6, 6.07) is 4.34. The van der Waals surface area contributed by atoms with Gasteiger partial charge in [0.1, 0.15) is 18.1 Å². The minimum absolute atomic E-state index is 0.137. The second kappa shape index (κ2) is 10.5. The Morgan fingerprint density at radius 3 is 2.70 bits per heavy atom. The van der Waals surface area contributed by atoms with Crippen LogP contribution in [-0.4, -0.2) is 81.1 Å². The first-order valence-corrected chi connectivity index (χ1v) is 10.8. The van der Waals surface area contributed by atoms with Crippen molar-refractivity contribution >= 4 is 34.6 Å². The van der Waals surface area contributed by atoms with E-state index in [1.165, 1.54) is 11.8 Å². The molecule has 178 valence electrons. The molecule has 1 saturated heterocycles. The van der Waals surface area contributed by atoms with Crippen LogP contribution in [0.1, 0.15) is 25.3 Å². The zero-order valence-corrected chi connectivity index (χ0v) is 18.3. The van der Waals surface area contributed by atoms with Gasteiger partial charge in [0, 0.05) is 30.1 Å². The number of aromatic amines is 1. The molecule has 0 saturated carbocycles. The van der Waals surface area contributed by atoms with Gasteiger partial charge in [0.2, 0.25) is 17.7 Å². The van der Waals surface area contributed by atoms with Crippen LogP contribution in [0.3, 0.4) is 0 Å². The van der Waals surface area contributed by atoms with Crippen molar-refractivity contribution in [3.05, 3.63) is 36.0 Å². The van der Waals surface area contributed by atoms with E-state index >= 15 is 0 Å². The molecule has 3 rings (SSSR count). The Bertz CT molecular complexity index is 1040. The minimum Gasteiger partial charge on any atom is -0.480 e. The van der Waals surface area contributed by atoms with Gasteiger partial charge in [-0.05, 0) is 31.4 Å². The molecule has 2 heterocycles. The van der Waals surface area contributed by atoms with E-state index in [0.717, 1.165) is 16.5 Å². The van der Waals surface area contributed by atoms with Crippen LogP contribution in [0.4, 0.5) is 0 Å². The van der Waals surface area contributed by atoms with Crippen molar-refractivity contribution in [2.24, 2.45) is 5.73 Å². The number of aliphatic hydroxyl groups excluding tert-OH is 1. The number of carbonyl (C=O) groups excluding carboxylic acids is 3. The number of carboxylic acid groups (broad SMARTS) is 1. The summed E-state index contributed by atoms with van der Waals surface area (Å²) in [6.45, 7) is 1.20. The molecule has 3 amide bonds. The van der Waals surface area contributed by atoms with E-state index in [4.69, 9.17) is 5.73 Å². The van der Waals surface area contributed by atoms with Crippen LogP contribution in [0.5, 0.6) is 0 Å². The van der Waals surface area contributed by atoms with E-state index in [1.54, 1.807) is 6.20 Å². The molecular formula is C22H29N5O6. The van der Waals surface area contributed by atoms with E-state index in [2.05, 4.69) is 15.6 Å². The standard InChI is InChI=1S/C22H29N5O6/c1-12(28)19(23)20(30)25-11-18(29)26-16(21(31)27-8-4-7-17(27)22(32)33)9-13-10-24-15-6-3-2-5-14(13)15/h2-3,5-6,10,12,16-17,19,24,28H,4,7-9,11,23H2,1H3,(H,25,30)(H,26,29)(H,32,33). The van der Waals surface area contributed by atoms with Crippen LogP contribution in [0.2, 0.25) is 0 Å². The van der Waals surface area contributed by atoms with Gasteiger partial charge < -0.3 is 36.5 Å². The van der Waals surface area contributed by atoms with Gasteiger partial charge in [-0.3, -0.25) is 14.4 Å². The summed E-state index contributed by atoms with van der Waals surface area (Å²) >= 11 is 0. The zero-order chi connectivity index (χ0) is 24.1. The maximum absolute atomic E-state index is 13.3. The monoisotopic (exact) mass is 459 g/mol. The number of carbonyl (C=O) groups is 4. The van der Waals surface area contributed by atoms with Crippen molar-refractivity contribution in [3.8, 4) is 0 Å². The van der Waals surface area contributed by atoms with Crippen LogP contribution in [0.25, 0.3) is 10.9 Å². The number of fused-ring (bicyclic) bond motifs is 1. The number of aliphatic hydroxyl groups is 1. The number of hydrogen-bond donors (Lipinski definition) is 6. The third kappa shape index (κ3) is 5.68. The number of likely N-dealkylation sites (tertiary alicyclic amines) is 1. The third-order valence-electron chi connectivity index (χ3n) is 5.80. The molecule has 0 radical (unpaired) electrons. The van der Waals surface area contributed by atoms with Crippen LogP contribution in [0, 0.1) is 0 Å². The van der Waals surface area contributed by atoms with Gasteiger partial charge in [-0.2, -0.15) is 0 Å². The molecule has 1 aromatic heterocycles. The molecule has 11 heteroatoms. The predicted octanol–water partition coefficient (Wildman–Crippen LogP) is -0.905. The van der Waals surface area contributed by atoms with Gasteiger partial charge in [-0.15, -0.1) is 0 Å². The second-order valence-electron chi connectivity index (χ2n) is 8.20. The summed E-state index contributed by atoms with van der Waals surface area (Å²) in [5, 5.41) is 24.7. The SMILES string of the molecule is CC(O)C(N)C(=O)NCC(=O)NC(Cc1c[nH]c2ccccc12)C(=O)N1CCCC1C(=O)O. The van der Waals surface area contributed by atoms with E-state index < -0.39 is 54.5 Å². The number of benzene rings is 1. The van der Waals surface area contributed by atoms with Crippen molar-refractivity contribution in [1.29, 1.82) is 0 Å². The number of nitrogens with two attached hydrogens (primary N) is 1. The van der Waals surface area contributed by atoms with E-state index in [9.17, 15) is 29.4 Å². The molecule has 1 fully saturated rings. The highest BCUT2D eigenvalue weighted by Gasteiger charge is 2.38. The average molecular weight is 460 g/mol. The van der Waals surface area contributed by atoms with Gasteiger partial charge in [0.05, 0.1) is 12.6 Å². The van der Waals surface area contributed by atoms with E-state index in [-0.39, 0.29) is 13.0 Å².